The van der Waals surface area contributed by atoms with Crippen molar-refractivity contribution in [2.75, 3.05) is 23.9 Å². The van der Waals surface area contributed by atoms with Gasteiger partial charge in [0.1, 0.15) is 11.5 Å². The van der Waals surface area contributed by atoms with Crippen LogP contribution < -0.4 is 19.7 Å². The van der Waals surface area contributed by atoms with Gasteiger partial charge in [0, 0.05) is 24.2 Å². The molecular weight excluding hydrogens is 403 g/mol. The number of hydrogen-bond donors (Lipinski definition) is 1. The zero-order valence-electron chi connectivity index (χ0n) is 15.5. The quantitative estimate of drug-likeness (QED) is 0.693. The van der Waals surface area contributed by atoms with Crippen LogP contribution in [0.3, 0.4) is 0 Å². The lowest BCUT2D eigenvalue weighted by atomic mass is 10.1. The van der Waals surface area contributed by atoms with E-state index >= 15 is 0 Å². The fourth-order valence-corrected chi connectivity index (χ4v) is 3.28. The molecule has 1 atom stereocenters. The van der Waals surface area contributed by atoms with E-state index in [1.165, 1.54) is 4.90 Å². The van der Waals surface area contributed by atoms with Crippen molar-refractivity contribution in [2.45, 2.75) is 25.9 Å². The molecule has 148 valence electrons. The second-order valence-corrected chi connectivity index (χ2v) is 7.26. The first-order valence-corrected chi connectivity index (χ1v) is 9.56. The summed E-state index contributed by atoms with van der Waals surface area (Å²) < 4.78 is 11.1. The molecule has 0 saturated carbocycles. The van der Waals surface area contributed by atoms with Gasteiger partial charge in [0.15, 0.2) is 6.10 Å². The molecule has 0 saturated heterocycles. The van der Waals surface area contributed by atoms with Crippen LogP contribution in [0.25, 0.3) is 0 Å². The van der Waals surface area contributed by atoms with Crippen LogP contribution in [-0.2, 0) is 9.59 Å². The van der Waals surface area contributed by atoms with Crippen molar-refractivity contribution in [2.24, 2.45) is 0 Å². The van der Waals surface area contributed by atoms with Crippen LogP contribution >= 0.6 is 23.2 Å². The summed E-state index contributed by atoms with van der Waals surface area (Å²) in [6.45, 7) is 2.05. The van der Waals surface area contributed by atoms with Crippen LogP contribution in [0, 0.1) is 0 Å². The average Bonchev–Trinajstić information content (AvgIpc) is 2.65. The van der Waals surface area contributed by atoms with Crippen LogP contribution in [0.4, 0.5) is 11.4 Å². The van der Waals surface area contributed by atoms with E-state index < -0.39 is 6.10 Å². The molecule has 0 spiro atoms. The van der Waals surface area contributed by atoms with Crippen LogP contribution in [0.1, 0.15) is 19.8 Å². The van der Waals surface area contributed by atoms with E-state index in [0.29, 0.717) is 45.9 Å². The van der Waals surface area contributed by atoms with Crippen molar-refractivity contribution in [3.05, 3.63) is 46.4 Å². The summed E-state index contributed by atoms with van der Waals surface area (Å²) in [5.41, 5.74) is 1.23. The predicted octanol–water partition coefficient (Wildman–Crippen LogP) is 4.53. The van der Waals surface area contributed by atoms with Crippen LogP contribution in [-0.4, -0.2) is 31.6 Å². The van der Waals surface area contributed by atoms with Gasteiger partial charge in [0.05, 0.1) is 17.3 Å². The van der Waals surface area contributed by atoms with Crippen molar-refractivity contribution < 1.29 is 19.1 Å². The van der Waals surface area contributed by atoms with Gasteiger partial charge in [-0.05, 0) is 49.7 Å². The molecule has 8 heteroatoms. The minimum absolute atomic E-state index is 0.131. The minimum Gasteiger partial charge on any atom is -0.492 e. The van der Waals surface area contributed by atoms with Crippen molar-refractivity contribution in [3.63, 3.8) is 0 Å². The highest BCUT2D eigenvalue weighted by Gasteiger charge is 2.29. The second-order valence-electron chi connectivity index (χ2n) is 6.41. The molecule has 2 amide bonds. The number of benzene rings is 2. The summed E-state index contributed by atoms with van der Waals surface area (Å²) in [4.78, 5) is 25.7. The van der Waals surface area contributed by atoms with Crippen molar-refractivity contribution in [1.29, 1.82) is 0 Å². The highest BCUT2D eigenvalue weighted by Crippen LogP contribution is 2.35. The van der Waals surface area contributed by atoms with Gasteiger partial charge in [0.25, 0.3) is 5.91 Å². The number of nitrogens with zero attached hydrogens (tertiary/aromatic N) is 1. The third-order valence-electron chi connectivity index (χ3n) is 4.29. The number of carbonyl (C=O) groups is 2. The first-order valence-electron chi connectivity index (χ1n) is 8.81. The summed E-state index contributed by atoms with van der Waals surface area (Å²) >= 11 is 11.9. The number of fused-ring (bicyclic) bond motifs is 1. The fraction of sp³-hybridized carbons (Fsp3) is 0.300. The number of amides is 2. The number of likely N-dealkylation sites (N-methyl/N-ethyl adjacent to an activating group) is 1. The smallest absolute Gasteiger partial charge is 0.267 e. The Morgan fingerprint density at radius 3 is 2.79 bits per heavy atom. The molecule has 1 aliphatic rings. The van der Waals surface area contributed by atoms with Crippen molar-refractivity contribution >= 4 is 46.4 Å². The Hall–Kier alpha value is -2.44. The topological polar surface area (TPSA) is 67.9 Å². The predicted molar refractivity (Wildman–Crippen MR) is 110 cm³/mol. The number of anilines is 2. The van der Waals surface area contributed by atoms with E-state index in [2.05, 4.69) is 5.32 Å². The number of carbonyl (C=O) groups excluding carboxylic acids is 2. The Labute approximate surface area is 173 Å². The summed E-state index contributed by atoms with van der Waals surface area (Å²) in [5, 5.41) is 3.79. The van der Waals surface area contributed by atoms with E-state index in [0.717, 1.165) is 0 Å². The Kier molecular flexibility index (Phi) is 6.31. The van der Waals surface area contributed by atoms with Gasteiger partial charge in [0.2, 0.25) is 5.91 Å². The van der Waals surface area contributed by atoms with Gasteiger partial charge in [-0.25, -0.2) is 0 Å². The molecule has 0 fully saturated rings. The highest BCUT2D eigenvalue weighted by atomic mass is 35.5. The van der Waals surface area contributed by atoms with E-state index in [-0.39, 0.29) is 18.2 Å². The van der Waals surface area contributed by atoms with Gasteiger partial charge in [-0.1, -0.05) is 23.2 Å². The van der Waals surface area contributed by atoms with Crippen molar-refractivity contribution in [3.8, 4) is 11.5 Å². The number of nitrogens with one attached hydrogen (secondary N) is 1. The minimum atomic E-state index is -0.521. The average molecular weight is 423 g/mol. The van der Waals surface area contributed by atoms with Crippen LogP contribution in [0.15, 0.2) is 36.4 Å². The van der Waals surface area contributed by atoms with E-state index in [4.69, 9.17) is 32.7 Å². The third kappa shape index (κ3) is 4.69. The monoisotopic (exact) mass is 422 g/mol. The zero-order valence-corrected chi connectivity index (χ0v) is 17.0. The van der Waals surface area contributed by atoms with E-state index in [1.807, 2.05) is 0 Å². The van der Waals surface area contributed by atoms with Crippen LogP contribution in [0.2, 0.25) is 10.0 Å². The largest absolute Gasteiger partial charge is 0.492 e. The second kappa shape index (κ2) is 8.71. The maximum Gasteiger partial charge on any atom is 0.267 e. The molecule has 28 heavy (non-hydrogen) atoms. The molecule has 0 aromatic heterocycles. The molecule has 1 heterocycles. The van der Waals surface area contributed by atoms with Crippen molar-refractivity contribution in [1.82, 2.24) is 0 Å². The van der Waals surface area contributed by atoms with E-state index in [1.54, 1.807) is 50.4 Å². The number of halogens is 2. The standard InChI is InChI=1S/C20H20Cl2N2O4/c1-12-20(26)24(2)16-11-14(6-8-18(16)28-12)23-19(25)4-3-9-27-17-7-5-13(21)10-15(17)22/h5-8,10-12H,3-4,9H2,1-2H3,(H,23,25). The molecule has 1 aliphatic heterocycles. The Morgan fingerprint density at radius 1 is 1.25 bits per heavy atom. The maximum atomic E-state index is 12.2. The van der Waals surface area contributed by atoms with Gasteiger partial charge >= 0.3 is 0 Å². The molecular formula is C20H20Cl2N2O4. The van der Waals surface area contributed by atoms with Gasteiger partial charge in [-0.15, -0.1) is 0 Å². The number of hydrogen-bond acceptors (Lipinski definition) is 4. The Balaban J connectivity index is 1.51. The van der Waals surface area contributed by atoms with Crippen LogP contribution in [0.5, 0.6) is 11.5 Å². The fourth-order valence-electron chi connectivity index (χ4n) is 2.82. The number of rotatable bonds is 6. The zero-order chi connectivity index (χ0) is 20.3. The SMILES string of the molecule is CC1Oc2ccc(NC(=O)CCCOc3ccc(Cl)cc3Cl)cc2N(C)C1=O. The molecule has 2 aromatic carbocycles. The summed E-state index contributed by atoms with van der Waals surface area (Å²) in [6.07, 6.45) is 0.284. The first kappa shape index (κ1) is 20.3. The first-order chi connectivity index (χ1) is 13.3. The Bertz CT molecular complexity index is 904. The van der Waals surface area contributed by atoms with Gasteiger partial charge in [-0.2, -0.15) is 0 Å². The molecule has 2 aromatic rings. The molecule has 6 nitrogen and oxygen atoms in total. The lowest BCUT2D eigenvalue weighted by Crippen LogP contribution is -2.41. The lowest BCUT2D eigenvalue weighted by Gasteiger charge is -2.30. The molecule has 0 aliphatic carbocycles. The van der Waals surface area contributed by atoms with Gasteiger partial charge < -0.3 is 19.7 Å². The normalized spacial score (nSPS) is 15.6. The van der Waals surface area contributed by atoms with Gasteiger partial charge in [-0.3, -0.25) is 9.59 Å². The molecule has 0 radical (unpaired) electrons. The summed E-state index contributed by atoms with van der Waals surface area (Å²) in [5.74, 6) is 0.864. The molecule has 1 N–H and O–H groups in total. The highest BCUT2D eigenvalue weighted by molar-refractivity contribution is 6.35. The summed E-state index contributed by atoms with van der Waals surface area (Å²) in [6, 6.07) is 10.2. The lowest BCUT2D eigenvalue weighted by molar-refractivity contribution is -0.125. The maximum absolute atomic E-state index is 12.2. The Morgan fingerprint density at radius 2 is 2.04 bits per heavy atom. The number of ether oxygens (including phenoxy) is 2. The third-order valence-corrected chi connectivity index (χ3v) is 4.82. The molecule has 1 unspecified atom stereocenters. The molecule has 3 rings (SSSR count). The molecule has 0 bridgehead atoms. The van der Waals surface area contributed by atoms with E-state index in [9.17, 15) is 9.59 Å². The summed E-state index contributed by atoms with van der Waals surface area (Å²) in [7, 11) is 1.69.